The molecule has 0 saturated heterocycles. The van der Waals surface area contributed by atoms with Gasteiger partial charge in [-0.2, -0.15) is 0 Å². The van der Waals surface area contributed by atoms with Crippen LogP contribution in [-0.4, -0.2) is 34.6 Å². The van der Waals surface area contributed by atoms with E-state index in [1.165, 1.54) is 12.3 Å². The van der Waals surface area contributed by atoms with Crippen LogP contribution < -0.4 is 11.1 Å². The van der Waals surface area contributed by atoms with Gasteiger partial charge in [0.05, 0.1) is 12.1 Å². The number of halogens is 1. The SMILES string of the molecule is NC(=O)C(O)CNC(=O)c1cccnc1Cl. The normalized spacial score (nSPS) is 11.9. The second-order valence-corrected chi connectivity index (χ2v) is 3.33. The summed E-state index contributed by atoms with van der Waals surface area (Å²) >= 11 is 5.67. The minimum Gasteiger partial charge on any atom is -0.381 e. The second kappa shape index (κ2) is 5.43. The molecule has 1 rings (SSSR count). The molecular weight excluding hydrogens is 234 g/mol. The van der Waals surface area contributed by atoms with Crippen LogP contribution in [-0.2, 0) is 4.79 Å². The lowest BCUT2D eigenvalue weighted by Crippen LogP contribution is -2.40. The number of primary amides is 1. The molecule has 0 radical (unpaired) electrons. The van der Waals surface area contributed by atoms with Gasteiger partial charge in [0.2, 0.25) is 5.91 Å². The first-order chi connectivity index (χ1) is 7.52. The van der Waals surface area contributed by atoms with E-state index in [9.17, 15) is 9.59 Å². The van der Waals surface area contributed by atoms with Gasteiger partial charge in [0.15, 0.2) is 0 Å². The fraction of sp³-hybridized carbons (Fsp3) is 0.222. The van der Waals surface area contributed by atoms with Crippen molar-refractivity contribution in [2.45, 2.75) is 6.10 Å². The van der Waals surface area contributed by atoms with Crippen LogP contribution >= 0.6 is 11.6 Å². The average molecular weight is 244 g/mol. The lowest BCUT2D eigenvalue weighted by atomic mass is 10.2. The van der Waals surface area contributed by atoms with Gasteiger partial charge in [-0.05, 0) is 12.1 Å². The molecule has 1 heterocycles. The van der Waals surface area contributed by atoms with E-state index in [4.69, 9.17) is 22.4 Å². The summed E-state index contributed by atoms with van der Waals surface area (Å²) in [5.74, 6) is -1.43. The van der Waals surface area contributed by atoms with Gasteiger partial charge >= 0.3 is 0 Å². The first kappa shape index (κ1) is 12.4. The van der Waals surface area contributed by atoms with Crippen molar-refractivity contribution in [2.24, 2.45) is 5.73 Å². The summed E-state index contributed by atoms with van der Waals surface area (Å²) in [6, 6.07) is 3.02. The number of aromatic nitrogens is 1. The standard InChI is InChI=1S/C9H10ClN3O3/c10-7-5(2-1-3-12-7)9(16)13-4-6(14)8(11)15/h1-3,6,14H,4H2,(H2,11,15)(H,13,16). The molecule has 0 fully saturated rings. The van der Waals surface area contributed by atoms with Crippen molar-refractivity contribution in [3.05, 3.63) is 29.0 Å². The highest BCUT2D eigenvalue weighted by Gasteiger charge is 2.14. The predicted molar refractivity (Wildman–Crippen MR) is 56.8 cm³/mol. The molecule has 0 aliphatic heterocycles. The Labute approximate surface area is 96.4 Å². The van der Waals surface area contributed by atoms with E-state index >= 15 is 0 Å². The lowest BCUT2D eigenvalue weighted by Gasteiger charge is -2.08. The molecule has 0 saturated carbocycles. The zero-order valence-corrected chi connectivity index (χ0v) is 8.94. The zero-order chi connectivity index (χ0) is 12.1. The number of carbonyl (C=O) groups is 2. The Balaban J connectivity index is 2.60. The molecule has 0 aromatic carbocycles. The molecule has 7 heteroatoms. The van der Waals surface area contributed by atoms with Gasteiger partial charge in [-0.25, -0.2) is 4.98 Å². The number of aliphatic hydroxyl groups is 1. The first-order valence-electron chi connectivity index (χ1n) is 4.38. The van der Waals surface area contributed by atoms with Gasteiger partial charge in [0.1, 0.15) is 11.3 Å². The summed E-state index contributed by atoms with van der Waals surface area (Å²) in [6.07, 6.45) is 0.0246. The van der Waals surface area contributed by atoms with Crippen molar-refractivity contribution in [2.75, 3.05) is 6.54 Å². The summed E-state index contributed by atoms with van der Waals surface area (Å²) in [7, 11) is 0. The highest BCUT2D eigenvalue weighted by molar-refractivity contribution is 6.32. The smallest absolute Gasteiger partial charge is 0.254 e. The lowest BCUT2D eigenvalue weighted by molar-refractivity contribution is -0.125. The fourth-order valence-electron chi connectivity index (χ4n) is 0.941. The molecule has 0 aliphatic rings. The van der Waals surface area contributed by atoms with Crippen LogP contribution in [0.3, 0.4) is 0 Å². The number of nitrogens with zero attached hydrogens (tertiary/aromatic N) is 1. The maximum Gasteiger partial charge on any atom is 0.254 e. The number of nitrogens with two attached hydrogens (primary N) is 1. The van der Waals surface area contributed by atoms with Gasteiger partial charge in [-0.1, -0.05) is 11.6 Å². The van der Waals surface area contributed by atoms with Crippen LogP contribution in [0.5, 0.6) is 0 Å². The molecule has 1 atom stereocenters. The van der Waals surface area contributed by atoms with Crippen molar-refractivity contribution in [1.82, 2.24) is 10.3 Å². The number of carbonyl (C=O) groups excluding carboxylic acids is 2. The second-order valence-electron chi connectivity index (χ2n) is 2.97. The third-order valence-electron chi connectivity index (χ3n) is 1.79. The Morgan fingerprint density at radius 3 is 2.88 bits per heavy atom. The molecule has 16 heavy (non-hydrogen) atoms. The van der Waals surface area contributed by atoms with Gasteiger partial charge in [-0.3, -0.25) is 9.59 Å². The minimum atomic E-state index is -1.42. The first-order valence-corrected chi connectivity index (χ1v) is 4.76. The van der Waals surface area contributed by atoms with Gasteiger partial charge < -0.3 is 16.2 Å². The Hall–Kier alpha value is -1.66. The van der Waals surface area contributed by atoms with Crippen LogP contribution in [0.1, 0.15) is 10.4 Å². The summed E-state index contributed by atoms with van der Waals surface area (Å²) in [4.78, 5) is 25.7. The number of aliphatic hydroxyl groups excluding tert-OH is 1. The topological polar surface area (TPSA) is 105 Å². The number of hydrogen-bond donors (Lipinski definition) is 3. The predicted octanol–water partition coefficient (Wildman–Crippen LogP) is -0.689. The van der Waals surface area contributed by atoms with Crippen LogP contribution in [0.2, 0.25) is 5.15 Å². The van der Waals surface area contributed by atoms with Crippen molar-refractivity contribution >= 4 is 23.4 Å². The van der Waals surface area contributed by atoms with Crippen molar-refractivity contribution in [1.29, 1.82) is 0 Å². The van der Waals surface area contributed by atoms with Crippen molar-refractivity contribution < 1.29 is 14.7 Å². The van der Waals surface area contributed by atoms with Crippen molar-refractivity contribution in [3.63, 3.8) is 0 Å². The van der Waals surface area contributed by atoms with Gasteiger partial charge in [-0.15, -0.1) is 0 Å². The molecule has 1 aromatic rings. The summed E-state index contributed by atoms with van der Waals surface area (Å²) in [5, 5.41) is 11.4. The van der Waals surface area contributed by atoms with E-state index < -0.39 is 17.9 Å². The Kier molecular flexibility index (Phi) is 4.21. The van der Waals surface area contributed by atoms with Gasteiger partial charge in [0.25, 0.3) is 5.91 Å². The van der Waals surface area contributed by atoms with Crippen LogP contribution in [0, 0.1) is 0 Å². The van der Waals surface area contributed by atoms with Crippen LogP contribution in [0.4, 0.5) is 0 Å². The molecule has 4 N–H and O–H groups in total. The summed E-state index contributed by atoms with van der Waals surface area (Å²) in [5.41, 5.74) is 4.98. The summed E-state index contributed by atoms with van der Waals surface area (Å²) < 4.78 is 0. The van der Waals surface area contributed by atoms with Crippen LogP contribution in [0.15, 0.2) is 18.3 Å². The quantitative estimate of drug-likeness (QED) is 0.609. The largest absolute Gasteiger partial charge is 0.381 e. The van der Waals surface area contributed by atoms with E-state index in [0.717, 1.165) is 0 Å². The van der Waals surface area contributed by atoms with Gasteiger partial charge in [0, 0.05) is 6.20 Å². The Morgan fingerprint density at radius 1 is 1.62 bits per heavy atom. The third kappa shape index (κ3) is 3.18. The molecule has 86 valence electrons. The molecule has 1 unspecified atom stereocenters. The maximum absolute atomic E-state index is 11.5. The summed E-state index contributed by atoms with van der Waals surface area (Å²) in [6.45, 7) is -0.264. The molecule has 0 aliphatic carbocycles. The fourth-order valence-corrected chi connectivity index (χ4v) is 1.15. The molecule has 0 bridgehead atoms. The van der Waals surface area contributed by atoms with E-state index in [2.05, 4.69) is 10.3 Å². The highest BCUT2D eigenvalue weighted by atomic mass is 35.5. The van der Waals surface area contributed by atoms with Crippen LogP contribution in [0.25, 0.3) is 0 Å². The highest BCUT2D eigenvalue weighted by Crippen LogP contribution is 2.10. The zero-order valence-electron chi connectivity index (χ0n) is 8.18. The number of hydrogen-bond acceptors (Lipinski definition) is 4. The maximum atomic E-state index is 11.5. The van der Waals surface area contributed by atoms with Crippen molar-refractivity contribution in [3.8, 4) is 0 Å². The van der Waals surface area contributed by atoms with E-state index in [1.807, 2.05) is 0 Å². The number of amides is 2. The Bertz CT molecular complexity index is 411. The molecule has 6 nitrogen and oxygen atoms in total. The third-order valence-corrected chi connectivity index (χ3v) is 2.09. The minimum absolute atomic E-state index is 0.0496. The monoisotopic (exact) mass is 243 g/mol. The van der Waals surface area contributed by atoms with E-state index in [-0.39, 0.29) is 17.3 Å². The number of rotatable bonds is 4. The number of pyridine rings is 1. The van der Waals surface area contributed by atoms with E-state index in [1.54, 1.807) is 6.07 Å². The molecule has 0 spiro atoms. The molecule has 1 aromatic heterocycles. The molecule has 2 amide bonds. The van der Waals surface area contributed by atoms with E-state index in [0.29, 0.717) is 0 Å². The Morgan fingerprint density at radius 2 is 2.31 bits per heavy atom. The average Bonchev–Trinajstić information content (AvgIpc) is 2.25. The molecular formula is C9H10ClN3O3. The number of nitrogens with one attached hydrogen (secondary N) is 1.